The molecule has 0 aliphatic carbocycles. The molecule has 25 heavy (non-hydrogen) atoms. The maximum Gasteiger partial charge on any atom is 0.290 e. The second-order valence-corrected chi connectivity index (χ2v) is 7.00. The highest BCUT2D eigenvalue weighted by molar-refractivity contribution is 7.98. The molecular formula is C18H21N3O3S. The van der Waals surface area contributed by atoms with Crippen LogP contribution in [-0.2, 0) is 10.5 Å². The zero-order chi connectivity index (χ0) is 17.8. The van der Waals surface area contributed by atoms with Crippen molar-refractivity contribution in [3.8, 4) is 0 Å². The number of nitrogens with one attached hydrogen (secondary N) is 1. The van der Waals surface area contributed by atoms with Gasteiger partial charge in [-0.3, -0.25) is 9.59 Å². The molecular weight excluding hydrogens is 338 g/mol. The lowest BCUT2D eigenvalue weighted by Gasteiger charge is -2.21. The van der Waals surface area contributed by atoms with Crippen molar-refractivity contribution in [2.45, 2.75) is 29.2 Å². The second kappa shape index (κ2) is 7.76. The molecule has 0 radical (unpaired) electrons. The minimum absolute atomic E-state index is 0.200. The number of nitrogens with zero attached hydrogens (tertiary/aromatic N) is 1. The molecule has 2 atom stereocenters. The number of rotatable bonds is 5. The third kappa shape index (κ3) is 4.05. The summed E-state index contributed by atoms with van der Waals surface area (Å²) in [5.41, 5.74) is 5.93. The molecule has 0 saturated carbocycles. The lowest BCUT2D eigenvalue weighted by molar-refractivity contribution is -0.124. The molecule has 1 aromatic carbocycles. The first-order chi connectivity index (χ1) is 12.1. The Hall–Kier alpha value is -2.25. The maximum absolute atomic E-state index is 12.7. The molecule has 2 amide bonds. The number of thioether (sulfide) groups is 1. The van der Waals surface area contributed by atoms with Crippen LogP contribution in [0.3, 0.4) is 0 Å². The summed E-state index contributed by atoms with van der Waals surface area (Å²) < 4.78 is 5.69. The lowest BCUT2D eigenvalue weighted by atomic mass is 10.1. The molecule has 0 bridgehead atoms. The van der Waals surface area contributed by atoms with Crippen LogP contribution in [0.2, 0.25) is 0 Å². The molecule has 0 spiro atoms. The molecule has 1 aliphatic heterocycles. The fourth-order valence-corrected chi connectivity index (χ4v) is 3.70. The van der Waals surface area contributed by atoms with Gasteiger partial charge in [-0.1, -0.05) is 18.2 Å². The minimum atomic E-state index is -0.542. The predicted octanol–water partition coefficient (Wildman–Crippen LogP) is 1.86. The number of hydrogen-bond donors (Lipinski definition) is 2. The SMILES string of the molecule is CNC(=O)[C@@H]1C[C@@H](N)CN1C(=O)c1ccc(CSc2ccccc2)o1. The van der Waals surface area contributed by atoms with E-state index in [0.717, 1.165) is 10.7 Å². The summed E-state index contributed by atoms with van der Waals surface area (Å²) in [6, 6.07) is 12.7. The zero-order valence-corrected chi connectivity index (χ0v) is 14.8. The molecule has 0 unspecified atom stereocenters. The summed E-state index contributed by atoms with van der Waals surface area (Å²) in [7, 11) is 1.56. The summed E-state index contributed by atoms with van der Waals surface area (Å²) >= 11 is 1.64. The monoisotopic (exact) mass is 359 g/mol. The summed E-state index contributed by atoms with van der Waals surface area (Å²) in [6.45, 7) is 0.353. The normalized spacial score (nSPS) is 19.8. The quantitative estimate of drug-likeness (QED) is 0.796. The van der Waals surface area contributed by atoms with Gasteiger partial charge in [-0.25, -0.2) is 0 Å². The molecule has 3 rings (SSSR count). The topological polar surface area (TPSA) is 88.6 Å². The smallest absolute Gasteiger partial charge is 0.290 e. The largest absolute Gasteiger partial charge is 0.455 e. The molecule has 1 aliphatic rings. The third-order valence-electron chi connectivity index (χ3n) is 4.14. The molecule has 3 N–H and O–H groups in total. The molecule has 2 heterocycles. The van der Waals surface area contributed by atoms with E-state index < -0.39 is 6.04 Å². The Morgan fingerprint density at radius 1 is 1.28 bits per heavy atom. The Bertz CT molecular complexity index is 747. The van der Waals surface area contributed by atoms with Crippen LogP contribution < -0.4 is 11.1 Å². The average Bonchev–Trinajstić information content (AvgIpc) is 3.26. The number of carbonyl (C=O) groups is 2. The summed E-state index contributed by atoms with van der Waals surface area (Å²) in [4.78, 5) is 27.3. The highest BCUT2D eigenvalue weighted by Crippen LogP contribution is 2.25. The number of likely N-dealkylation sites (N-methyl/N-ethyl adjacent to an activating group) is 1. The van der Waals surface area contributed by atoms with Crippen molar-refractivity contribution < 1.29 is 14.0 Å². The number of furan rings is 1. The van der Waals surface area contributed by atoms with E-state index in [-0.39, 0.29) is 23.6 Å². The van der Waals surface area contributed by atoms with Crippen LogP contribution in [0, 0.1) is 0 Å². The fraction of sp³-hybridized carbons (Fsp3) is 0.333. The first-order valence-electron chi connectivity index (χ1n) is 8.13. The first kappa shape index (κ1) is 17.6. The highest BCUT2D eigenvalue weighted by atomic mass is 32.2. The number of hydrogen-bond acceptors (Lipinski definition) is 5. The molecule has 7 heteroatoms. The van der Waals surface area contributed by atoms with Gasteiger partial charge in [0.15, 0.2) is 5.76 Å². The maximum atomic E-state index is 12.7. The van der Waals surface area contributed by atoms with Crippen LogP contribution in [-0.4, -0.2) is 42.4 Å². The van der Waals surface area contributed by atoms with Gasteiger partial charge >= 0.3 is 0 Å². The van der Waals surface area contributed by atoms with E-state index in [9.17, 15) is 9.59 Å². The van der Waals surface area contributed by atoms with Crippen molar-refractivity contribution in [2.75, 3.05) is 13.6 Å². The Labute approximate surface area is 150 Å². The summed E-state index contributed by atoms with van der Waals surface area (Å²) in [5.74, 6) is 1.10. The van der Waals surface area contributed by atoms with E-state index in [1.165, 1.54) is 4.90 Å². The minimum Gasteiger partial charge on any atom is -0.455 e. The van der Waals surface area contributed by atoms with Crippen LogP contribution in [0.15, 0.2) is 51.8 Å². The van der Waals surface area contributed by atoms with Gasteiger partial charge < -0.3 is 20.4 Å². The van der Waals surface area contributed by atoms with Crippen molar-refractivity contribution in [1.29, 1.82) is 0 Å². The van der Waals surface area contributed by atoms with Gasteiger partial charge in [0.25, 0.3) is 5.91 Å². The molecule has 2 aromatic rings. The van der Waals surface area contributed by atoms with Gasteiger partial charge in [-0.2, -0.15) is 0 Å². The van der Waals surface area contributed by atoms with Crippen molar-refractivity contribution in [3.63, 3.8) is 0 Å². The second-order valence-electron chi connectivity index (χ2n) is 5.95. The van der Waals surface area contributed by atoms with Crippen molar-refractivity contribution >= 4 is 23.6 Å². The predicted molar refractivity (Wildman–Crippen MR) is 96.2 cm³/mol. The first-order valence-corrected chi connectivity index (χ1v) is 9.11. The molecule has 1 saturated heterocycles. The lowest BCUT2D eigenvalue weighted by Crippen LogP contribution is -2.44. The Kier molecular flexibility index (Phi) is 5.45. The standard InChI is InChI=1S/C18H21N3O3S/c1-20-17(22)15-9-12(19)10-21(15)18(23)16-8-7-13(24-16)11-25-14-5-3-2-4-6-14/h2-8,12,15H,9-11,19H2,1H3,(H,20,22)/t12-,15+/m1/s1. The van der Waals surface area contributed by atoms with E-state index >= 15 is 0 Å². The molecule has 1 fully saturated rings. The van der Waals surface area contributed by atoms with Gasteiger partial charge in [0.2, 0.25) is 5.91 Å². The van der Waals surface area contributed by atoms with E-state index in [0.29, 0.717) is 18.7 Å². The number of benzene rings is 1. The van der Waals surface area contributed by atoms with E-state index in [2.05, 4.69) is 5.32 Å². The summed E-state index contributed by atoms with van der Waals surface area (Å²) in [5, 5.41) is 2.59. The molecule has 132 valence electrons. The van der Waals surface area contributed by atoms with Crippen molar-refractivity contribution in [1.82, 2.24) is 10.2 Å². The van der Waals surface area contributed by atoms with E-state index in [4.69, 9.17) is 10.2 Å². The van der Waals surface area contributed by atoms with Crippen LogP contribution in [0.5, 0.6) is 0 Å². The number of amides is 2. The van der Waals surface area contributed by atoms with Gasteiger partial charge in [0, 0.05) is 24.5 Å². The van der Waals surface area contributed by atoms with E-state index in [1.807, 2.05) is 30.3 Å². The van der Waals surface area contributed by atoms with Crippen molar-refractivity contribution in [3.05, 3.63) is 54.0 Å². The zero-order valence-electron chi connectivity index (χ0n) is 14.0. The number of nitrogens with two attached hydrogens (primary N) is 1. The average molecular weight is 359 g/mol. The molecule has 1 aromatic heterocycles. The van der Waals surface area contributed by atoms with E-state index in [1.54, 1.807) is 30.9 Å². The Morgan fingerprint density at radius 2 is 2.04 bits per heavy atom. The van der Waals surface area contributed by atoms with Crippen LogP contribution >= 0.6 is 11.8 Å². The van der Waals surface area contributed by atoms with Crippen molar-refractivity contribution in [2.24, 2.45) is 5.73 Å². The molecule has 6 nitrogen and oxygen atoms in total. The van der Waals surface area contributed by atoms with Gasteiger partial charge in [0.1, 0.15) is 11.8 Å². The number of likely N-dealkylation sites (tertiary alicyclic amines) is 1. The Balaban J connectivity index is 1.66. The van der Waals surface area contributed by atoms with Crippen LogP contribution in [0.25, 0.3) is 0 Å². The highest BCUT2D eigenvalue weighted by Gasteiger charge is 2.39. The van der Waals surface area contributed by atoms with Crippen LogP contribution in [0.1, 0.15) is 22.7 Å². The Morgan fingerprint density at radius 3 is 2.76 bits per heavy atom. The fourth-order valence-electron chi connectivity index (χ4n) is 2.89. The number of carbonyl (C=O) groups excluding carboxylic acids is 2. The van der Waals surface area contributed by atoms with Gasteiger partial charge in [0.05, 0.1) is 5.75 Å². The van der Waals surface area contributed by atoms with Crippen LogP contribution in [0.4, 0.5) is 0 Å². The third-order valence-corrected chi connectivity index (χ3v) is 5.17. The summed E-state index contributed by atoms with van der Waals surface area (Å²) in [6.07, 6.45) is 0.461. The van der Waals surface area contributed by atoms with Gasteiger partial charge in [-0.15, -0.1) is 11.8 Å². The van der Waals surface area contributed by atoms with Gasteiger partial charge in [-0.05, 0) is 30.7 Å².